The number of halogens is 1. The number of Topliss-reactive ketones (excluding diaryl/α,β-unsaturated/α-hetero) is 1. The molecule has 1 aliphatic heterocycles. The Morgan fingerprint density at radius 2 is 1.91 bits per heavy atom. The minimum atomic E-state index is 0. The van der Waals surface area contributed by atoms with Gasteiger partial charge in [-0.25, -0.2) is 0 Å². The number of piperazine rings is 1. The molecule has 1 aromatic carbocycles. The molecule has 1 heterocycles. The molecule has 0 bridgehead atoms. The lowest BCUT2D eigenvalue weighted by Crippen LogP contribution is -2.52. The summed E-state index contributed by atoms with van der Waals surface area (Å²) in [6, 6.07) is 7.89. The summed E-state index contributed by atoms with van der Waals surface area (Å²) in [4.78, 5) is 26.2. The van der Waals surface area contributed by atoms with E-state index >= 15 is 0 Å². The molecule has 0 radical (unpaired) electrons. The standard InChI is InChI=1S/C17H24N2O2.ClH/c1-3-14-4-6-15(7-5-14)16(20)8-9-17(21)19-11-10-18-12-13(19)2;/h4-7,13,18H,3,8-12H2,1-2H3;1H. The van der Waals surface area contributed by atoms with E-state index in [9.17, 15) is 9.59 Å². The number of nitrogens with zero attached hydrogens (tertiary/aromatic N) is 1. The van der Waals surface area contributed by atoms with E-state index in [-0.39, 0.29) is 30.1 Å². The summed E-state index contributed by atoms with van der Waals surface area (Å²) in [5.74, 6) is 0.135. The van der Waals surface area contributed by atoms with Crippen molar-refractivity contribution in [3.63, 3.8) is 0 Å². The lowest BCUT2D eigenvalue weighted by atomic mass is 10.0. The van der Waals surface area contributed by atoms with Gasteiger partial charge >= 0.3 is 0 Å². The molecule has 1 atom stereocenters. The highest BCUT2D eigenvalue weighted by Gasteiger charge is 2.23. The van der Waals surface area contributed by atoms with E-state index in [1.807, 2.05) is 36.1 Å². The number of benzene rings is 1. The molecule has 1 saturated heterocycles. The van der Waals surface area contributed by atoms with Crippen LogP contribution in [-0.2, 0) is 11.2 Å². The van der Waals surface area contributed by atoms with Crippen LogP contribution in [-0.4, -0.2) is 42.3 Å². The molecule has 4 nitrogen and oxygen atoms in total. The molecular formula is C17H25ClN2O2. The van der Waals surface area contributed by atoms with Crippen LogP contribution < -0.4 is 5.32 Å². The van der Waals surface area contributed by atoms with Crippen LogP contribution in [0.4, 0.5) is 0 Å². The van der Waals surface area contributed by atoms with E-state index in [2.05, 4.69) is 12.2 Å². The first-order valence-electron chi connectivity index (χ1n) is 7.74. The highest BCUT2D eigenvalue weighted by atomic mass is 35.5. The Bertz CT molecular complexity index is 502. The first-order valence-corrected chi connectivity index (χ1v) is 7.74. The molecule has 2 rings (SSSR count). The number of amides is 1. The summed E-state index contributed by atoms with van der Waals surface area (Å²) < 4.78 is 0. The van der Waals surface area contributed by atoms with Gasteiger partial charge in [-0.05, 0) is 18.9 Å². The van der Waals surface area contributed by atoms with Crippen molar-refractivity contribution < 1.29 is 9.59 Å². The molecule has 1 N–H and O–H groups in total. The molecule has 1 unspecified atom stereocenters. The van der Waals surface area contributed by atoms with Gasteiger partial charge in [-0.3, -0.25) is 9.59 Å². The molecule has 1 fully saturated rings. The average Bonchev–Trinajstić information content (AvgIpc) is 2.52. The molecule has 0 aromatic heterocycles. The van der Waals surface area contributed by atoms with Crippen LogP contribution in [0.15, 0.2) is 24.3 Å². The van der Waals surface area contributed by atoms with Gasteiger partial charge in [-0.1, -0.05) is 31.2 Å². The Hall–Kier alpha value is -1.39. The van der Waals surface area contributed by atoms with Gasteiger partial charge in [0, 0.05) is 44.1 Å². The van der Waals surface area contributed by atoms with Crippen molar-refractivity contribution in [3.05, 3.63) is 35.4 Å². The van der Waals surface area contributed by atoms with Crippen LogP contribution in [0.25, 0.3) is 0 Å². The molecule has 22 heavy (non-hydrogen) atoms. The third-order valence-corrected chi connectivity index (χ3v) is 4.07. The Kier molecular flexibility index (Phi) is 7.56. The first kappa shape index (κ1) is 18.7. The van der Waals surface area contributed by atoms with Gasteiger partial charge in [-0.2, -0.15) is 0 Å². The van der Waals surface area contributed by atoms with Crippen molar-refractivity contribution in [2.24, 2.45) is 0 Å². The predicted octanol–water partition coefficient (Wildman–Crippen LogP) is 2.45. The fraction of sp³-hybridized carbons (Fsp3) is 0.529. The third-order valence-electron chi connectivity index (χ3n) is 4.07. The van der Waals surface area contributed by atoms with Gasteiger partial charge in [0.05, 0.1) is 0 Å². The molecule has 0 saturated carbocycles. The second kappa shape index (κ2) is 8.91. The summed E-state index contributed by atoms with van der Waals surface area (Å²) in [5, 5.41) is 3.26. The van der Waals surface area contributed by atoms with Gasteiger partial charge in [0.25, 0.3) is 0 Å². The van der Waals surface area contributed by atoms with Gasteiger partial charge in [-0.15, -0.1) is 12.4 Å². The highest BCUT2D eigenvalue weighted by Crippen LogP contribution is 2.11. The fourth-order valence-corrected chi connectivity index (χ4v) is 2.65. The SMILES string of the molecule is CCc1ccc(C(=O)CCC(=O)N2CCNCC2C)cc1.Cl. The normalized spacial score (nSPS) is 17.7. The zero-order chi connectivity index (χ0) is 15.2. The average molecular weight is 325 g/mol. The highest BCUT2D eigenvalue weighted by molar-refractivity contribution is 5.98. The summed E-state index contributed by atoms with van der Waals surface area (Å²) in [5.41, 5.74) is 1.92. The molecule has 1 aromatic rings. The van der Waals surface area contributed by atoms with Crippen LogP contribution in [0.5, 0.6) is 0 Å². The van der Waals surface area contributed by atoms with Crippen molar-refractivity contribution in [3.8, 4) is 0 Å². The lowest BCUT2D eigenvalue weighted by Gasteiger charge is -2.34. The second-order valence-corrected chi connectivity index (χ2v) is 5.61. The maximum absolute atomic E-state index is 12.2. The lowest BCUT2D eigenvalue weighted by molar-refractivity contribution is -0.133. The Balaban J connectivity index is 0.00000242. The third kappa shape index (κ3) is 4.82. The summed E-state index contributed by atoms with van der Waals surface area (Å²) in [7, 11) is 0. The number of carbonyl (C=O) groups is 2. The maximum atomic E-state index is 12.2. The molecule has 1 aliphatic rings. The van der Waals surface area contributed by atoms with E-state index in [0.29, 0.717) is 18.4 Å². The smallest absolute Gasteiger partial charge is 0.223 e. The molecule has 0 aliphatic carbocycles. The molecule has 122 valence electrons. The van der Waals surface area contributed by atoms with Crippen molar-refractivity contribution in [2.45, 2.75) is 39.2 Å². The quantitative estimate of drug-likeness (QED) is 0.846. The zero-order valence-corrected chi connectivity index (χ0v) is 14.1. The minimum Gasteiger partial charge on any atom is -0.337 e. The zero-order valence-electron chi connectivity index (χ0n) is 13.3. The first-order chi connectivity index (χ1) is 10.1. The van der Waals surface area contributed by atoms with Crippen molar-refractivity contribution in [1.82, 2.24) is 10.2 Å². The largest absolute Gasteiger partial charge is 0.337 e. The van der Waals surface area contributed by atoms with E-state index in [1.165, 1.54) is 5.56 Å². The summed E-state index contributed by atoms with van der Waals surface area (Å²) in [6.07, 6.45) is 1.56. The maximum Gasteiger partial charge on any atom is 0.223 e. The number of hydrogen-bond donors (Lipinski definition) is 1. The monoisotopic (exact) mass is 324 g/mol. The number of carbonyl (C=O) groups excluding carboxylic acids is 2. The van der Waals surface area contributed by atoms with Gasteiger partial charge in [0.15, 0.2) is 5.78 Å². The number of ketones is 1. The molecular weight excluding hydrogens is 300 g/mol. The summed E-state index contributed by atoms with van der Waals surface area (Å²) >= 11 is 0. The Labute approximate surface area is 138 Å². The number of aryl methyl sites for hydroxylation is 1. The van der Waals surface area contributed by atoms with Gasteiger partial charge in [0.1, 0.15) is 0 Å². The van der Waals surface area contributed by atoms with Crippen molar-refractivity contribution >= 4 is 24.1 Å². The van der Waals surface area contributed by atoms with Gasteiger partial charge in [0.2, 0.25) is 5.91 Å². The molecule has 1 amide bonds. The predicted molar refractivity (Wildman–Crippen MR) is 90.7 cm³/mol. The Morgan fingerprint density at radius 1 is 1.23 bits per heavy atom. The number of hydrogen-bond acceptors (Lipinski definition) is 3. The van der Waals surface area contributed by atoms with Crippen LogP contribution in [0.3, 0.4) is 0 Å². The van der Waals surface area contributed by atoms with E-state index in [0.717, 1.165) is 26.1 Å². The van der Waals surface area contributed by atoms with E-state index in [4.69, 9.17) is 0 Å². The fourth-order valence-electron chi connectivity index (χ4n) is 2.65. The second-order valence-electron chi connectivity index (χ2n) is 5.61. The van der Waals surface area contributed by atoms with Crippen LogP contribution in [0, 0.1) is 0 Å². The van der Waals surface area contributed by atoms with Crippen LogP contribution in [0.2, 0.25) is 0 Å². The number of nitrogens with one attached hydrogen (secondary N) is 1. The minimum absolute atomic E-state index is 0. The van der Waals surface area contributed by atoms with E-state index in [1.54, 1.807) is 0 Å². The molecule has 0 spiro atoms. The van der Waals surface area contributed by atoms with E-state index < -0.39 is 0 Å². The topological polar surface area (TPSA) is 49.4 Å². The van der Waals surface area contributed by atoms with Crippen LogP contribution >= 0.6 is 12.4 Å². The Morgan fingerprint density at radius 3 is 2.50 bits per heavy atom. The van der Waals surface area contributed by atoms with Gasteiger partial charge < -0.3 is 10.2 Å². The number of rotatable bonds is 5. The van der Waals surface area contributed by atoms with Crippen molar-refractivity contribution in [2.75, 3.05) is 19.6 Å². The van der Waals surface area contributed by atoms with Crippen LogP contribution in [0.1, 0.15) is 42.6 Å². The summed E-state index contributed by atoms with van der Waals surface area (Å²) in [6.45, 7) is 6.53. The van der Waals surface area contributed by atoms with Crippen molar-refractivity contribution in [1.29, 1.82) is 0 Å². The molecule has 5 heteroatoms.